The number of nitrogens with two attached hydrogens (primary N) is 1. The lowest BCUT2D eigenvalue weighted by Crippen LogP contribution is -2.58. The van der Waals surface area contributed by atoms with Crippen LogP contribution in [-0.4, -0.2) is 186 Å². The fourth-order valence-corrected chi connectivity index (χ4v) is 15.8. The molecule has 4 bridgehead atoms. The van der Waals surface area contributed by atoms with E-state index >= 15 is 0 Å². The van der Waals surface area contributed by atoms with Gasteiger partial charge in [0.2, 0.25) is 17.7 Å². The summed E-state index contributed by atoms with van der Waals surface area (Å²) < 4.78 is 21.3. The highest BCUT2D eigenvalue weighted by molar-refractivity contribution is 7.22. The number of benzene rings is 2. The third-order valence-corrected chi connectivity index (χ3v) is 20.5. The van der Waals surface area contributed by atoms with E-state index in [1.807, 2.05) is 59.8 Å². The molecular formula is C70H87N15O14S. The van der Waals surface area contributed by atoms with Crippen LogP contribution in [-0.2, 0) is 57.8 Å². The fourth-order valence-electron chi connectivity index (χ4n) is 15.0. The molecule has 6 aromatic rings. The predicted molar refractivity (Wildman–Crippen MR) is 369 cm³/mol. The molecular weight excluding hydrogens is 1310 g/mol. The average Bonchev–Trinajstić information content (AvgIpc) is 0.782. The normalized spacial score (nSPS) is 19.9. The van der Waals surface area contributed by atoms with Crippen molar-refractivity contribution in [2.75, 3.05) is 74.7 Å². The van der Waals surface area contributed by atoms with Crippen LogP contribution in [0, 0.1) is 37.0 Å². The number of aliphatic hydroxyl groups excluding tert-OH is 2. The summed E-state index contributed by atoms with van der Waals surface area (Å²) in [4.78, 5) is 117. The SMILES string of the molecule is Cc1c(Nc2nc3ccccc3s2)nnc2c1CCCN2c1ccc(-c2cnn(CC34CC5CC(C3)CC(OCCN(CC[C@H](O)CO)C(=O)OCc3ccc(NC(=O)[C@H](CCCNC(N)=O)NC(=O)[C@@H](NC(=O)CCOCCN6C(=O)C=CC6=O)C(C)C)cc3)(C5)C4)c2C)c(C(=O)O)n1. The van der Waals surface area contributed by atoms with Gasteiger partial charge in [-0.2, -0.15) is 5.10 Å². The topological polar surface area (TPSA) is 390 Å². The van der Waals surface area contributed by atoms with Gasteiger partial charge in [-0.3, -0.25) is 33.6 Å². The van der Waals surface area contributed by atoms with E-state index in [2.05, 4.69) is 36.8 Å². The summed E-state index contributed by atoms with van der Waals surface area (Å²) in [5.74, 6) is -1.62. The van der Waals surface area contributed by atoms with E-state index in [1.165, 1.54) is 28.4 Å². The van der Waals surface area contributed by atoms with Crippen LogP contribution in [0.1, 0.15) is 117 Å². The number of carbonyl (C=O) groups excluding carboxylic acids is 7. The van der Waals surface area contributed by atoms with Gasteiger partial charge in [-0.25, -0.2) is 24.4 Å². The summed E-state index contributed by atoms with van der Waals surface area (Å²) in [6.45, 7) is 8.52. The van der Waals surface area contributed by atoms with Crippen molar-refractivity contribution >= 4 is 97.5 Å². The maximum absolute atomic E-state index is 13.9. The van der Waals surface area contributed by atoms with Crippen LogP contribution < -0.4 is 37.2 Å². The number of rotatable bonds is 33. The van der Waals surface area contributed by atoms with Crippen molar-refractivity contribution in [1.82, 2.24) is 55.7 Å². The Labute approximate surface area is 582 Å². The highest BCUT2D eigenvalue weighted by Gasteiger charge is 2.58. The van der Waals surface area contributed by atoms with Crippen LogP contribution in [0.15, 0.2) is 79.0 Å². The molecule has 4 aliphatic carbocycles. The number of pyridine rings is 1. The van der Waals surface area contributed by atoms with Gasteiger partial charge >= 0.3 is 18.1 Å². The van der Waals surface area contributed by atoms with E-state index in [9.17, 15) is 53.7 Å². The Bertz CT molecular complexity index is 3980. The second-order valence-electron chi connectivity index (χ2n) is 27.2. The molecule has 0 spiro atoms. The highest BCUT2D eigenvalue weighted by atomic mass is 32.1. The van der Waals surface area contributed by atoms with Crippen molar-refractivity contribution in [3.63, 3.8) is 0 Å². The number of aromatic nitrogens is 6. The summed E-state index contributed by atoms with van der Waals surface area (Å²) in [6, 6.07) is 15.2. The number of primary amides is 1. The first-order valence-electron chi connectivity index (χ1n) is 34.1. The number of hydrogen-bond donors (Lipinski definition) is 9. The lowest BCUT2D eigenvalue weighted by molar-refractivity contribution is -0.197. The minimum Gasteiger partial charge on any atom is -0.476 e. The van der Waals surface area contributed by atoms with Crippen LogP contribution in [0.3, 0.4) is 0 Å². The Balaban J connectivity index is 0.684. The second kappa shape index (κ2) is 31.8. The molecule has 6 aliphatic rings. The number of thiazole rings is 1. The number of aromatic carboxylic acids is 1. The van der Waals surface area contributed by atoms with E-state index in [4.69, 9.17) is 35.0 Å². The third-order valence-electron chi connectivity index (χ3n) is 19.5. The van der Waals surface area contributed by atoms with Crippen molar-refractivity contribution in [1.29, 1.82) is 0 Å². The number of ether oxygens (including phenoxy) is 3. The number of fused-ring (bicyclic) bond motifs is 2. The summed E-state index contributed by atoms with van der Waals surface area (Å²) in [7, 11) is 0. The minimum absolute atomic E-state index is 0.0134. The van der Waals surface area contributed by atoms with Crippen molar-refractivity contribution in [2.24, 2.45) is 28.9 Å². The summed E-state index contributed by atoms with van der Waals surface area (Å²) >= 11 is 1.54. The maximum atomic E-state index is 13.9. The molecule has 4 aromatic heterocycles. The van der Waals surface area contributed by atoms with Gasteiger partial charge in [-0.1, -0.05) is 49.4 Å². The summed E-state index contributed by atoms with van der Waals surface area (Å²) in [6.07, 6.45) is 9.85. The van der Waals surface area contributed by atoms with Gasteiger partial charge in [-0.15, -0.1) is 10.2 Å². The zero-order chi connectivity index (χ0) is 70.8. The van der Waals surface area contributed by atoms with Gasteiger partial charge in [0, 0.05) is 84.9 Å². The first-order valence-corrected chi connectivity index (χ1v) is 34.9. The Morgan fingerprint density at radius 1 is 0.870 bits per heavy atom. The number of amides is 8. The molecule has 4 fully saturated rings. The number of anilines is 5. The zero-order valence-corrected chi connectivity index (χ0v) is 57.4. The van der Waals surface area contributed by atoms with Crippen molar-refractivity contribution in [2.45, 2.75) is 142 Å². The number of aliphatic hydroxyl groups is 2. The van der Waals surface area contributed by atoms with Crippen molar-refractivity contribution in [3.8, 4) is 11.1 Å². The third kappa shape index (κ3) is 17.2. The number of urea groups is 1. The molecule has 12 rings (SSSR count). The number of nitrogens with one attached hydrogen (secondary N) is 5. The molecule has 0 saturated heterocycles. The molecule has 100 heavy (non-hydrogen) atoms. The Morgan fingerprint density at radius 2 is 1.63 bits per heavy atom. The smallest absolute Gasteiger partial charge is 0.410 e. The van der Waals surface area contributed by atoms with Crippen LogP contribution in [0.5, 0.6) is 0 Å². The first-order chi connectivity index (χ1) is 48.1. The van der Waals surface area contributed by atoms with Crippen molar-refractivity contribution in [3.05, 3.63) is 107 Å². The van der Waals surface area contributed by atoms with Gasteiger partial charge in [0.15, 0.2) is 22.5 Å². The maximum Gasteiger partial charge on any atom is 0.410 e. The van der Waals surface area contributed by atoms with Crippen molar-refractivity contribution < 1.29 is 67.9 Å². The Hall–Kier alpha value is -9.49. The molecule has 29 nitrogen and oxygen atoms in total. The number of carboxylic acid groups (broad SMARTS) is 1. The zero-order valence-electron chi connectivity index (χ0n) is 56.6. The van der Waals surface area contributed by atoms with Crippen LogP contribution in [0.2, 0.25) is 0 Å². The highest BCUT2D eigenvalue weighted by Crippen LogP contribution is 2.63. The molecule has 0 radical (unpaired) electrons. The Morgan fingerprint density at radius 3 is 2.35 bits per heavy atom. The minimum atomic E-state index is -1.16. The number of carboxylic acids is 1. The monoisotopic (exact) mass is 1390 g/mol. The predicted octanol–water partition coefficient (Wildman–Crippen LogP) is 6.57. The first kappa shape index (κ1) is 71.8. The quantitative estimate of drug-likeness (QED) is 0.0155. The number of nitrogens with zero attached hydrogens (tertiary/aromatic N) is 9. The lowest BCUT2D eigenvalue weighted by Gasteiger charge is -2.61. The molecule has 2 aliphatic heterocycles. The summed E-state index contributed by atoms with van der Waals surface area (Å²) in [5.41, 5.74) is 10.3. The number of para-hydroxylation sites is 1. The average molecular weight is 1390 g/mol. The van der Waals surface area contributed by atoms with E-state index in [-0.39, 0.29) is 89.4 Å². The van der Waals surface area contributed by atoms with E-state index in [1.54, 1.807) is 44.3 Å². The molecule has 30 heteroatoms. The molecule has 4 saturated carbocycles. The number of imide groups is 1. The molecule has 2 aromatic carbocycles. The van der Waals surface area contributed by atoms with E-state index in [0.29, 0.717) is 64.8 Å². The molecule has 6 heterocycles. The van der Waals surface area contributed by atoms with Gasteiger partial charge in [0.1, 0.15) is 24.5 Å². The fraction of sp³-hybridized carbons (Fsp3) is 0.500. The standard InChI is InChI=1S/C70H87N15O14S/c1-41(2)59(78-56(88)22-28-97-29-27-84-57(89)19-20-58(84)90)64(92)75-53(11-7-23-72-66(71)95)63(91)74-47-15-13-44(14-16-47)38-98-68(96)82(25-21-48(87)37-86)26-30-99-70-34-45-31-46(35-70)33-69(32-45,39-70)40-85-43(4)51(36-73-85)50-17-18-55(77-60(50)65(93)94)83-24-8-9-49-42(3)61(80-81-62(49)83)79-67-76-52-10-5-6-12-54(52)100-67/h5-6,10,12-20,36,41,45-46,48,53,59,86-87H,7-9,11,21-35,37-40H2,1-4H3,(H,74,91)(H,75,92)(H,78,88)(H,93,94)(H3,71,72,95)(H,76,79,80)/t45?,46?,48-,53-,59-,69?,70?/m0/s1. The molecule has 2 unspecified atom stereocenters. The van der Waals surface area contributed by atoms with Gasteiger partial charge in [0.05, 0.1) is 61.1 Å². The largest absolute Gasteiger partial charge is 0.476 e. The summed E-state index contributed by atoms with van der Waals surface area (Å²) in [5, 5.41) is 59.8. The molecule has 8 amide bonds. The van der Waals surface area contributed by atoms with Gasteiger partial charge in [0.25, 0.3) is 11.8 Å². The van der Waals surface area contributed by atoms with Crippen LogP contribution in [0.25, 0.3) is 21.3 Å². The van der Waals surface area contributed by atoms with E-state index < -0.39 is 83.9 Å². The van der Waals surface area contributed by atoms with Gasteiger partial charge < -0.3 is 71.6 Å². The van der Waals surface area contributed by atoms with Crippen LogP contribution >= 0.6 is 11.3 Å². The Kier molecular flexibility index (Phi) is 22.8. The van der Waals surface area contributed by atoms with Crippen LogP contribution in [0.4, 0.5) is 37.9 Å². The number of carbonyl (C=O) groups is 8. The molecule has 532 valence electrons. The van der Waals surface area contributed by atoms with E-state index in [0.717, 1.165) is 88.4 Å². The molecule has 5 atom stereocenters. The number of hydrogen-bond acceptors (Lipinski definition) is 21. The van der Waals surface area contributed by atoms with Gasteiger partial charge in [-0.05, 0) is 150 Å². The lowest BCUT2D eigenvalue weighted by atomic mass is 9.48. The second-order valence-corrected chi connectivity index (χ2v) is 28.2. The molecule has 10 N–H and O–H groups in total.